The Labute approximate surface area is 129 Å². The van der Waals surface area contributed by atoms with Gasteiger partial charge in [0.15, 0.2) is 0 Å². The Kier molecular flexibility index (Phi) is 4.19. The van der Waals surface area contributed by atoms with Gasteiger partial charge in [0.25, 0.3) is 0 Å². The molecule has 0 unspecified atom stereocenters. The second kappa shape index (κ2) is 5.57. The molecule has 1 aromatic heterocycles. The molecule has 0 radical (unpaired) electrons. The van der Waals surface area contributed by atoms with Crippen LogP contribution in [-0.2, 0) is 5.41 Å². The number of aromatic nitrogens is 1. The van der Waals surface area contributed by atoms with Gasteiger partial charge in [-0.2, -0.15) is 0 Å². The van der Waals surface area contributed by atoms with Crippen LogP contribution in [-0.4, -0.2) is 4.98 Å². The van der Waals surface area contributed by atoms with Gasteiger partial charge in [0.2, 0.25) is 0 Å². The molecule has 0 aliphatic rings. The number of rotatable bonds is 2. The zero-order chi connectivity index (χ0) is 14.9. The minimum Gasteiger partial charge on any atom is -0.340 e. The molecule has 0 amide bonds. The second-order valence-corrected chi connectivity index (χ2v) is 7.14. The Balaban J connectivity index is 2.30. The van der Waals surface area contributed by atoms with E-state index in [1.54, 1.807) is 0 Å². The van der Waals surface area contributed by atoms with Crippen LogP contribution in [0, 0.1) is 13.8 Å². The van der Waals surface area contributed by atoms with Gasteiger partial charge >= 0.3 is 0 Å². The van der Waals surface area contributed by atoms with Crippen molar-refractivity contribution in [1.82, 2.24) is 4.98 Å². The maximum Gasteiger partial charge on any atom is 0.133 e. The van der Waals surface area contributed by atoms with Crippen LogP contribution in [0.25, 0.3) is 0 Å². The molecule has 0 aliphatic carbocycles. The summed E-state index contributed by atoms with van der Waals surface area (Å²) in [5.41, 5.74) is 4.99. The van der Waals surface area contributed by atoms with Gasteiger partial charge in [-0.25, -0.2) is 4.98 Å². The minimum absolute atomic E-state index is 0.176. The molecule has 0 atom stereocenters. The summed E-state index contributed by atoms with van der Waals surface area (Å²) >= 11 is 3.44. The number of benzene rings is 1. The summed E-state index contributed by atoms with van der Waals surface area (Å²) in [6.07, 6.45) is 1.81. The van der Waals surface area contributed by atoms with Crippen LogP contribution in [0.4, 0.5) is 11.5 Å². The molecule has 0 spiro atoms. The van der Waals surface area contributed by atoms with Gasteiger partial charge in [0.1, 0.15) is 5.82 Å². The van der Waals surface area contributed by atoms with Crippen molar-refractivity contribution in [3.05, 3.63) is 51.6 Å². The summed E-state index contributed by atoms with van der Waals surface area (Å²) in [5.74, 6) is 0.903. The molecule has 2 aromatic rings. The highest BCUT2D eigenvalue weighted by Crippen LogP contribution is 2.28. The van der Waals surface area contributed by atoms with E-state index in [9.17, 15) is 0 Å². The number of halogens is 1. The molecule has 0 saturated heterocycles. The summed E-state index contributed by atoms with van der Waals surface area (Å²) < 4.78 is 1.00. The average Bonchev–Trinajstić information content (AvgIpc) is 2.33. The Morgan fingerprint density at radius 1 is 1.05 bits per heavy atom. The van der Waals surface area contributed by atoms with Crippen molar-refractivity contribution < 1.29 is 0 Å². The lowest BCUT2D eigenvalue weighted by Crippen LogP contribution is -2.11. The summed E-state index contributed by atoms with van der Waals surface area (Å²) in [4.78, 5) is 4.43. The lowest BCUT2D eigenvalue weighted by atomic mass is 9.86. The van der Waals surface area contributed by atoms with Crippen LogP contribution in [0.2, 0.25) is 0 Å². The number of aryl methyl sites for hydroxylation is 2. The van der Waals surface area contributed by atoms with Gasteiger partial charge in [-0.15, -0.1) is 0 Å². The van der Waals surface area contributed by atoms with E-state index >= 15 is 0 Å². The van der Waals surface area contributed by atoms with Crippen LogP contribution in [0.1, 0.15) is 37.5 Å². The molecule has 0 aliphatic heterocycles. The predicted octanol–water partition coefficient (Wildman–Crippen LogP) is 5.50. The Morgan fingerprint density at radius 3 is 2.30 bits per heavy atom. The van der Waals surface area contributed by atoms with Gasteiger partial charge in [-0.3, -0.25) is 0 Å². The summed E-state index contributed by atoms with van der Waals surface area (Å²) in [6, 6.07) is 8.63. The topological polar surface area (TPSA) is 24.9 Å². The maximum atomic E-state index is 4.43. The lowest BCUT2D eigenvalue weighted by molar-refractivity contribution is 0.590. The minimum atomic E-state index is 0.176. The maximum absolute atomic E-state index is 4.43. The Bertz CT molecular complexity index is 627. The van der Waals surface area contributed by atoms with E-state index in [0.717, 1.165) is 21.5 Å². The fourth-order valence-corrected chi connectivity index (χ4v) is 2.52. The molecule has 106 valence electrons. The van der Waals surface area contributed by atoms with Crippen molar-refractivity contribution in [2.75, 3.05) is 5.32 Å². The molecule has 2 rings (SSSR count). The van der Waals surface area contributed by atoms with Gasteiger partial charge < -0.3 is 5.32 Å². The highest BCUT2D eigenvalue weighted by Gasteiger charge is 2.14. The second-order valence-electron chi connectivity index (χ2n) is 6.22. The van der Waals surface area contributed by atoms with Gasteiger partial charge in [0, 0.05) is 16.4 Å². The smallest absolute Gasteiger partial charge is 0.133 e. The van der Waals surface area contributed by atoms with Crippen LogP contribution in [0.15, 0.2) is 34.9 Å². The van der Waals surface area contributed by atoms with E-state index < -0.39 is 0 Å². The third-order valence-corrected chi connectivity index (χ3v) is 3.82. The van der Waals surface area contributed by atoms with E-state index in [2.05, 4.69) is 85.1 Å². The first kappa shape index (κ1) is 15.0. The molecular weight excluding hydrogens is 312 g/mol. The fourth-order valence-electron chi connectivity index (χ4n) is 2.07. The fraction of sp³-hybridized carbons (Fsp3) is 0.353. The van der Waals surface area contributed by atoms with E-state index in [1.165, 1.54) is 11.1 Å². The highest BCUT2D eigenvalue weighted by atomic mass is 79.9. The lowest BCUT2D eigenvalue weighted by Gasteiger charge is -2.21. The molecule has 20 heavy (non-hydrogen) atoms. The van der Waals surface area contributed by atoms with Crippen molar-refractivity contribution in [1.29, 1.82) is 0 Å². The van der Waals surface area contributed by atoms with E-state index in [4.69, 9.17) is 0 Å². The zero-order valence-electron chi connectivity index (χ0n) is 12.7. The highest BCUT2D eigenvalue weighted by molar-refractivity contribution is 9.10. The van der Waals surface area contributed by atoms with Gasteiger partial charge in [-0.05, 0) is 64.0 Å². The number of hydrogen-bond acceptors (Lipinski definition) is 2. The molecule has 1 aromatic carbocycles. The molecule has 3 heteroatoms. The summed E-state index contributed by atoms with van der Waals surface area (Å²) in [5, 5.41) is 3.41. The Hall–Kier alpha value is -1.35. The van der Waals surface area contributed by atoms with Crippen LogP contribution in [0.5, 0.6) is 0 Å². The number of nitrogens with one attached hydrogen (secondary N) is 1. The number of nitrogens with zero attached hydrogens (tertiary/aromatic N) is 1. The molecule has 0 bridgehead atoms. The quantitative estimate of drug-likeness (QED) is 0.785. The first-order valence-electron chi connectivity index (χ1n) is 6.77. The molecule has 0 fully saturated rings. The molecule has 1 heterocycles. The van der Waals surface area contributed by atoms with Crippen LogP contribution < -0.4 is 5.32 Å². The van der Waals surface area contributed by atoms with Crippen molar-refractivity contribution >= 4 is 27.4 Å². The normalized spacial score (nSPS) is 11.5. The monoisotopic (exact) mass is 332 g/mol. The summed E-state index contributed by atoms with van der Waals surface area (Å²) in [6.45, 7) is 10.9. The van der Waals surface area contributed by atoms with Crippen LogP contribution >= 0.6 is 15.9 Å². The molecule has 0 saturated carbocycles. The summed E-state index contributed by atoms with van der Waals surface area (Å²) in [7, 11) is 0. The third kappa shape index (κ3) is 3.40. The van der Waals surface area contributed by atoms with Gasteiger partial charge in [0.05, 0.1) is 0 Å². The Morgan fingerprint density at radius 2 is 1.75 bits per heavy atom. The predicted molar refractivity (Wildman–Crippen MR) is 89.8 cm³/mol. The van der Waals surface area contributed by atoms with E-state index in [0.29, 0.717) is 0 Å². The number of hydrogen-bond donors (Lipinski definition) is 1. The van der Waals surface area contributed by atoms with Crippen molar-refractivity contribution in [3.63, 3.8) is 0 Å². The van der Waals surface area contributed by atoms with Crippen molar-refractivity contribution in [2.45, 2.75) is 40.0 Å². The van der Waals surface area contributed by atoms with E-state index in [-0.39, 0.29) is 5.41 Å². The molecule has 2 nitrogen and oxygen atoms in total. The van der Waals surface area contributed by atoms with Crippen molar-refractivity contribution in [3.8, 4) is 0 Å². The SMILES string of the molecule is Cc1cc(C(C)(C)C)ccc1Nc1ncc(Br)cc1C. The third-order valence-electron chi connectivity index (χ3n) is 3.39. The van der Waals surface area contributed by atoms with Crippen LogP contribution in [0.3, 0.4) is 0 Å². The number of anilines is 2. The largest absolute Gasteiger partial charge is 0.340 e. The number of pyridine rings is 1. The molecular formula is C17H21BrN2. The first-order valence-corrected chi connectivity index (χ1v) is 7.57. The first-order chi connectivity index (χ1) is 9.27. The van der Waals surface area contributed by atoms with Crippen molar-refractivity contribution in [2.24, 2.45) is 0 Å². The standard InChI is InChI=1S/C17H21BrN2/c1-11-8-13(17(3,4)5)6-7-15(11)20-16-12(2)9-14(18)10-19-16/h6-10H,1-5H3,(H,19,20). The van der Waals surface area contributed by atoms with Gasteiger partial charge in [-0.1, -0.05) is 32.9 Å². The zero-order valence-corrected chi connectivity index (χ0v) is 14.3. The molecule has 1 N–H and O–H groups in total. The average molecular weight is 333 g/mol. The van der Waals surface area contributed by atoms with E-state index in [1.807, 2.05) is 6.20 Å².